The number of carbonyl (C=O) groups is 2. The number of hydrogen-bond donors (Lipinski definition) is 1. The predicted octanol–water partition coefficient (Wildman–Crippen LogP) is 3.12. The highest BCUT2D eigenvalue weighted by Gasteiger charge is 2.51. The molecule has 2 aliphatic carbocycles. The Kier molecular flexibility index (Phi) is 5.48. The molecule has 2 aliphatic rings. The Morgan fingerprint density at radius 1 is 1.08 bits per heavy atom. The van der Waals surface area contributed by atoms with Gasteiger partial charge in [0, 0.05) is 24.5 Å². The van der Waals surface area contributed by atoms with Crippen LogP contribution in [0.15, 0.2) is 24.5 Å². The van der Waals surface area contributed by atoms with Crippen molar-refractivity contribution in [1.82, 2.24) is 15.2 Å². The van der Waals surface area contributed by atoms with Gasteiger partial charge in [-0.25, -0.2) is 0 Å². The molecule has 1 atom stereocenters. The summed E-state index contributed by atoms with van der Waals surface area (Å²) in [5.41, 5.74) is 0.345. The summed E-state index contributed by atoms with van der Waals surface area (Å²) in [5.74, 6) is -2.51. The van der Waals surface area contributed by atoms with Crippen molar-refractivity contribution in [2.45, 2.75) is 69.2 Å². The number of amides is 2. The van der Waals surface area contributed by atoms with Gasteiger partial charge in [0.2, 0.25) is 5.91 Å². The summed E-state index contributed by atoms with van der Waals surface area (Å²) >= 11 is 0. The van der Waals surface area contributed by atoms with Crippen molar-refractivity contribution >= 4 is 11.8 Å². The summed E-state index contributed by atoms with van der Waals surface area (Å²) in [6.45, 7) is 0. The van der Waals surface area contributed by atoms with E-state index >= 15 is 0 Å². The molecule has 2 fully saturated rings. The van der Waals surface area contributed by atoms with E-state index in [1.165, 1.54) is 24.5 Å². The summed E-state index contributed by atoms with van der Waals surface area (Å²) < 4.78 is 39.5. The van der Waals surface area contributed by atoms with Gasteiger partial charge in [-0.1, -0.05) is 19.3 Å². The van der Waals surface area contributed by atoms with E-state index in [9.17, 15) is 22.8 Å². The van der Waals surface area contributed by atoms with Gasteiger partial charge in [-0.3, -0.25) is 14.6 Å². The minimum atomic E-state index is -5.01. The Bertz CT molecular complexity index is 641. The standard InChI is InChI=1S/C18H22F3N3O2/c19-18(20,21)17(26)24(14-6-7-14)15(12-8-10-22-11-9-12)16(25)23-13-4-2-1-3-5-13/h8-11,13-15H,1-7H2,(H,23,25). The van der Waals surface area contributed by atoms with E-state index in [0.29, 0.717) is 23.3 Å². The second kappa shape index (κ2) is 7.63. The molecule has 1 heterocycles. The number of halogens is 3. The van der Waals surface area contributed by atoms with Gasteiger partial charge in [-0.05, 0) is 43.4 Å². The minimum absolute atomic E-state index is 0.0531. The molecule has 5 nitrogen and oxygen atoms in total. The van der Waals surface area contributed by atoms with Gasteiger partial charge in [0.15, 0.2) is 0 Å². The molecule has 8 heteroatoms. The van der Waals surface area contributed by atoms with Crippen LogP contribution >= 0.6 is 0 Å². The van der Waals surface area contributed by atoms with Crippen LogP contribution in [0.2, 0.25) is 0 Å². The Morgan fingerprint density at radius 3 is 2.23 bits per heavy atom. The number of rotatable bonds is 5. The molecule has 0 bridgehead atoms. The van der Waals surface area contributed by atoms with Crippen LogP contribution in [0.5, 0.6) is 0 Å². The number of aromatic nitrogens is 1. The first-order chi connectivity index (χ1) is 12.4. The van der Waals surface area contributed by atoms with E-state index in [-0.39, 0.29) is 6.04 Å². The van der Waals surface area contributed by atoms with E-state index in [2.05, 4.69) is 10.3 Å². The number of carbonyl (C=O) groups excluding carboxylic acids is 2. The predicted molar refractivity (Wildman–Crippen MR) is 87.9 cm³/mol. The summed E-state index contributed by atoms with van der Waals surface area (Å²) in [4.78, 5) is 29.6. The van der Waals surface area contributed by atoms with E-state index < -0.39 is 30.1 Å². The highest BCUT2D eigenvalue weighted by molar-refractivity contribution is 5.91. The van der Waals surface area contributed by atoms with Crippen molar-refractivity contribution in [3.8, 4) is 0 Å². The molecule has 1 N–H and O–H groups in total. The first kappa shape index (κ1) is 18.7. The molecule has 0 saturated heterocycles. The Balaban J connectivity index is 1.89. The van der Waals surface area contributed by atoms with Crippen LogP contribution in [-0.2, 0) is 9.59 Å². The lowest BCUT2D eigenvalue weighted by atomic mass is 9.94. The maximum atomic E-state index is 13.2. The molecule has 142 valence electrons. The average Bonchev–Trinajstić information content (AvgIpc) is 3.44. The second-order valence-corrected chi connectivity index (χ2v) is 6.97. The largest absolute Gasteiger partial charge is 0.471 e. The third-order valence-corrected chi connectivity index (χ3v) is 4.92. The quantitative estimate of drug-likeness (QED) is 0.867. The van der Waals surface area contributed by atoms with Crippen LogP contribution in [0.25, 0.3) is 0 Å². The maximum absolute atomic E-state index is 13.2. The fraction of sp³-hybridized carbons (Fsp3) is 0.611. The maximum Gasteiger partial charge on any atom is 0.471 e. The van der Waals surface area contributed by atoms with Crippen molar-refractivity contribution in [3.63, 3.8) is 0 Å². The molecule has 0 aromatic carbocycles. The highest BCUT2D eigenvalue weighted by Crippen LogP contribution is 2.38. The van der Waals surface area contributed by atoms with Crippen LogP contribution in [-0.4, -0.2) is 40.0 Å². The zero-order valence-corrected chi connectivity index (χ0v) is 14.3. The molecule has 1 aromatic heterocycles. The van der Waals surface area contributed by atoms with E-state index in [4.69, 9.17) is 0 Å². The SMILES string of the molecule is O=C(NC1CCCCC1)C(c1ccncc1)N(C(=O)C(F)(F)F)C1CC1. The van der Waals surface area contributed by atoms with Crippen LogP contribution < -0.4 is 5.32 Å². The summed E-state index contributed by atoms with van der Waals surface area (Å²) in [7, 11) is 0. The fourth-order valence-corrected chi connectivity index (χ4v) is 3.50. The molecule has 1 unspecified atom stereocenters. The monoisotopic (exact) mass is 369 g/mol. The molecule has 0 radical (unpaired) electrons. The molecule has 26 heavy (non-hydrogen) atoms. The molecule has 2 amide bonds. The lowest BCUT2D eigenvalue weighted by Gasteiger charge is -2.33. The van der Waals surface area contributed by atoms with Crippen molar-refractivity contribution in [2.24, 2.45) is 0 Å². The smallest absolute Gasteiger partial charge is 0.351 e. The lowest BCUT2D eigenvalue weighted by Crippen LogP contribution is -2.51. The van der Waals surface area contributed by atoms with Gasteiger partial charge in [0.25, 0.3) is 0 Å². The summed E-state index contributed by atoms with van der Waals surface area (Å²) in [5, 5.41) is 2.87. The minimum Gasteiger partial charge on any atom is -0.351 e. The molecule has 1 aromatic rings. The van der Waals surface area contributed by atoms with Gasteiger partial charge < -0.3 is 10.2 Å². The molecular formula is C18H22F3N3O2. The third-order valence-electron chi connectivity index (χ3n) is 4.92. The first-order valence-electron chi connectivity index (χ1n) is 8.97. The Hall–Kier alpha value is -2.12. The molecule has 2 saturated carbocycles. The second-order valence-electron chi connectivity index (χ2n) is 6.97. The average molecular weight is 369 g/mol. The van der Waals surface area contributed by atoms with E-state index in [0.717, 1.165) is 32.1 Å². The first-order valence-corrected chi connectivity index (χ1v) is 8.97. The number of nitrogens with zero attached hydrogens (tertiary/aromatic N) is 2. The topological polar surface area (TPSA) is 62.3 Å². The van der Waals surface area contributed by atoms with E-state index in [1.54, 1.807) is 0 Å². The van der Waals surface area contributed by atoms with Crippen molar-refractivity contribution in [3.05, 3.63) is 30.1 Å². The zero-order valence-electron chi connectivity index (χ0n) is 14.3. The zero-order chi connectivity index (χ0) is 18.7. The lowest BCUT2D eigenvalue weighted by molar-refractivity contribution is -0.189. The fourth-order valence-electron chi connectivity index (χ4n) is 3.50. The van der Waals surface area contributed by atoms with Crippen molar-refractivity contribution < 1.29 is 22.8 Å². The third kappa shape index (κ3) is 4.34. The van der Waals surface area contributed by atoms with Gasteiger partial charge in [0.1, 0.15) is 6.04 Å². The van der Waals surface area contributed by atoms with Crippen LogP contribution in [0.1, 0.15) is 56.6 Å². The van der Waals surface area contributed by atoms with Crippen molar-refractivity contribution in [2.75, 3.05) is 0 Å². The number of hydrogen-bond acceptors (Lipinski definition) is 3. The number of pyridine rings is 1. The molecule has 3 rings (SSSR count). The van der Waals surface area contributed by atoms with Crippen molar-refractivity contribution in [1.29, 1.82) is 0 Å². The Labute approximate surface area is 150 Å². The summed E-state index contributed by atoms with van der Waals surface area (Å²) in [6.07, 6.45) is 3.45. The highest BCUT2D eigenvalue weighted by atomic mass is 19.4. The summed E-state index contributed by atoms with van der Waals surface area (Å²) in [6, 6.07) is 1.08. The normalized spacial score (nSPS) is 19.7. The number of nitrogens with one attached hydrogen (secondary N) is 1. The van der Waals surface area contributed by atoms with Crippen LogP contribution in [0.3, 0.4) is 0 Å². The van der Waals surface area contributed by atoms with Gasteiger partial charge in [-0.2, -0.15) is 13.2 Å². The molecular weight excluding hydrogens is 347 g/mol. The Morgan fingerprint density at radius 2 is 1.69 bits per heavy atom. The van der Waals surface area contributed by atoms with Gasteiger partial charge >= 0.3 is 12.1 Å². The molecule has 0 aliphatic heterocycles. The van der Waals surface area contributed by atoms with Crippen LogP contribution in [0.4, 0.5) is 13.2 Å². The number of alkyl halides is 3. The van der Waals surface area contributed by atoms with E-state index in [1.807, 2.05) is 0 Å². The van der Waals surface area contributed by atoms with Gasteiger partial charge in [-0.15, -0.1) is 0 Å². The van der Waals surface area contributed by atoms with Crippen LogP contribution in [0, 0.1) is 0 Å². The van der Waals surface area contributed by atoms with Gasteiger partial charge in [0.05, 0.1) is 0 Å². The molecule has 0 spiro atoms.